The van der Waals surface area contributed by atoms with Crippen molar-refractivity contribution in [1.82, 2.24) is 19.8 Å². The fourth-order valence-corrected chi connectivity index (χ4v) is 3.00. The van der Waals surface area contributed by atoms with Gasteiger partial charge in [0.2, 0.25) is 11.8 Å². The van der Waals surface area contributed by atoms with E-state index in [1.807, 2.05) is 59.2 Å². The molecule has 0 saturated heterocycles. The molecule has 1 N–H and O–H groups in total. The Morgan fingerprint density at radius 1 is 1.11 bits per heavy atom. The van der Waals surface area contributed by atoms with Crippen molar-refractivity contribution in [3.05, 3.63) is 66.0 Å². The maximum absolute atomic E-state index is 12.8. The van der Waals surface area contributed by atoms with E-state index in [2.05, 4.69) is 10.3 Å². The van der Waals surface area contributed by atoms with Crippen molar-refractivity contribution in [2.75, 3.05) is 20.8 Å². The molecule has 2 amide bonds. The van der Waals surface area contributed by atoms with Crippen LogP contribution in [0, 0.1) is 0 Å². The molecule has 7 nitrogen and oxygen atoms in total. The van der Waals surface area contributed by atoms with Crippen LogP contribution in [0.4, 0.5) is 0 Å². The van der Waals surface area contributed by atoms with E-state index >= 15 is 0 Å². The van der Waals surface area contributed by atoms with Gasteiger partial charge in [-0.25, -0.2) is 4.98 Å². The first-order valence-corrected chi connectivity index (χ1v) is 9.06. The highest BCUT2D eigenvalue weighted by Crippen LogP contribution is 2.16. The highest BCUT2D eigenvalue weighted by atomic mass is 16.5. The molecule has 0 unspecified atom stereocenters. The number of carbonyl (C=O) groups excluding carboxylic acids is 2. The summed E-state index contributed by atoms with van der Waals surface area (Å²) in [5, 5.41) is 2.77. The van der Waals surface area contributed by atoms with Crippen LogP contribution in [0.2, 0.25) is 0 Å². The van der Waals surface area contributed by atoms with Gasteiger partial charge in [-0.1, -0.05) is 42.5 Å². The van der Waals surface area contributed by atoms with E-state index in [9.17, 15) is 9.59 Å². The number of likely N-dealkylation sites (N-methyl/N-ethyl adjacent to an activating group) is 1. The van der Waals surface area contributed by atoms with Crippen molar-refractivity contribution in [2.24, 2.45) is 0 Å². The Morgan fingerprint density at radius 3 is 2.57 bits per heavy atom. The number of methoxy groups -OCH3 is 1. The zero-order valence-electron chi connectivity index (χ0n) is 16.1. The SMILES string of the molecule is COCC(=O)NCc1nc2ccccc2n1CC(=O)N(C)Cc1ccccc1. The van der Waals surface area contributed by atoms with E-state index in [4.69, 9.17) is 4.74 Å². The van der Waals surface area contributed by atoms with E-state index in [-0.39, 0.29) is 31.5 Å². The minimum atomic E-state index is -0.228. The molecule has 0 aliphatic carbocycles. The van der Waals surface area contributed by atoms with Crippen LogP contribution >= 0.6 is 0 Å². The molecule has 146 valence electrons. The van der Waals surface area contributed by atoms with E-state index in [1.165, 1.54) is 7.11 Å². The summed E-state index contributed by atoms with van der Waals surface area (Å²) in [5.41, 5.74) is 2.72. The van der Waals surface area contributed by atoms with Gasteiger partial charge in [0.15, 0.2) is 0 Å². The maximum Gasteiger partial charge on any atom is 0.246 e. The van der Waals surface area contributed by atoms with Crippen LogP contribution in [0.15, 0.2) is 54.6 Å². The van der Waals surface area contributed by atoms with Gasteiger partial charge in [0, 0.05) is 20.7 Å². The maximum atomic E-state index is 12.8. The fraction of sp³-hybridized carbons (Fsp3) is 0.286. The molecule has 0 atom stereocenters. The lowest BCUT2D eigenvalue weighted by atomic mass is 10.2. The number of rotatable bonds is 8. The Bertz CT molecular complexity index is 953. The van der Waals surface area contributed by atoms with Gasteiger partial charge in [-0.2, -0.15) is 0 Å². The summed E-state index contributed by atoms with van der Waals surface area (Å²) in [5.74, 6) is 0.372. The van der Waals surface area contributed by atoms with E-state index < -0.39 is 0 Å². The van der Waals surface area contributed by atoms with Gasteiger partial charge < -0.3 is 19.5 Å². The minimum absolute atomic E-state index is 0.0149. The largest absolute Gasteiger partial charge is 0.375 e. The molecule has 3 rings (SSSR count). The molecule has 0 fully saturated rings. The van der Waals surface area contributed by atoms with Gasteiger partial charge in [-0.15, -0.1) is 0 Å². The third kappa shape index (κ3) is 4.75. The number of amides is 2. The number of imidazole rings is 1. The van der Waals surface area contributed by atoms with Gasteiger partial charge >= 0.3 is 0 Å². The third-order valence-corrected chi connectivity index (χ3v) is 4.43. The van der Waals surface area contributed by atoms with Crippen molar-refractivity contribution in [3.8, 4) is 0 Å². The van der Waals surface area contributed by atoms with Crippen LogP contribution < -0.4 is 5.32 Å². The van der Waals surface area contributed by atoms with Crippen LogP contribution in [0.3, 0.4) is 0 Å². The summed E-state index contributed by atoms with van der Waals surface area (Å²) in [7, 11) is 3.25. The van der Waals surface area contributed by atoms with Gasteiger partial charge in [-0.3, -0.25) is 9.59 Å². The lowest BCUT2D eigenvalue weighted by Crippen LogP contribution is -2.32. The number of para-hydroxylation sites is 2. The summed E-state index contributed by atoms with van der Waals surface area (Å²) in [6, 6.07) is 17.5. The highest BCUT2D eigenvalue weighted by molar-refractivity contribution is 5.81. The minimum Gasteiger partial charge on any atom is -0.375 e. The van der Waals surface area contributed by atoms with Gasteiger partial charge in [0.05, 0.1) is 17.6 Å². The number of fused-ring (bicyclic) bond motifs is 1. The van der Waals surface area contributed by atoms with Crippen molar-refractivity contribution >= 4 is 22.8 Å². The molecule has 28 heavy (non-hydrogen) atoms. The van der Waals surface area contributed by atoms with Crippen LogP contribution in [-0.2, 0) is 34.0 Å². The molecular formula is C21H24N4O3. The fourth-order valence-electron chi connectivity index (χ4n) is 3.00. The number of benzene rings is 2. The number of nitrogens with one attached hydrogen (secondary N) is 1. The second-order valence-electron chi connectivity index (χ2n) is 6.55. The predicted octanol–water partition coefficient (Wildman–Crippen LogP) is 1.96. The summed E-state index contributed by atoms with van der Waals surface area (Å²) in [6.07, 6.45) is 0. The number of nitrogens with zero attached hydrogens (tertiary/aromatic N) is 3. The Labute approximate surface area is 163 Å². The van der Waals surface area contributed by atoms with Crippen LogP contribution in [0.1, 0.15) is 11.4 Å². The standard InChI is InChI=1S/C21H24N4O3/c1-24(13-16-8-4-3-5-9-16)21(27)14-25-18-11-7-6-10-17(18)23-19(25)12-22-20(26)15-28-2/h3-11H,12-15H2,1-2H3,(H,22,26). The number of ether oxygens (including phenoxy) is 1. The second kappa shape index (κ2) is 9.14. The average molecular weight is 380 g/mol. The van der Waals surface area contributed by atoms with Gasteiger partial charge in [0.25, 0.3) is 0 Å². The molecular weight excluding hydrogens is 356 g/mol. The molecule has 2 aromatic carbocycles. The number of aromatic nitrogens is 2. The first-order chi connectivity index (χ1) is 13.6. The molecule has 0 spiro atoms. The van der Waals surface area contributed by atoms with Crippen LogP contribution in [-0.4, -0.2) is 47.0 Å². The summed E-state index contributed by atoms with van der Waals surface area (Å²) in [4.78, 5) is 30.8. The molecule has 0 aliphatic rings. The second-order valence-corrected chi connectivity index (χ2v) is 6.55. The van der Waals surface area contributed by atoms with E-state index in [0.717, 1.165) is 16.6 Å². The molecule has 0 bridgehead atoms. The van der Waals surface area contributed by atoms with Crippen molar-refractivity contribution in [3.63, 3.8) is 0 Å². The zero-order chi connectivity index (χ0) is 19.9. The van der Waals surface area contributed by atoms with Crippen molar-refractivity contribution in [1.29, 1.82) is 0 Å². The summed E-state index contributed by atoms with van der Waals surface area (Å²) < 4.78 is 6.69. The Balaban J connectivity index is 1.77. The highest BCUT2D eigenvalue weighted by Gasteiger charge is 2.17. The predicted molar refractivity (Wildman–Crippen MR) is 106 cm³/mol. The number of hydrogen-bond acceptors (Lipinski definition) is 4. The van der Waals surface area contributed by atoms with Crippen molar-refractivity contribution < 1.29 is 14.3 Å². The smallest absolute Gasteiger partial charge is 0.246 e. The first-order valence-electron chi connectivity index (χ1n) is 9.06. The summed E-state index contributed by atoms with van der Waals surface area (Å²) in [6.45, 7) is 0.900. The molecule has 0 aliphatic heterocycles. The molecule has 1 heterocycles. The first kappa shape index (κ1) is 19.6. The van der Waals surface area contributed by atoms with E-state index in [1.54, 1.807) is 11.9 Å². The Kier molecular flexibility index (Phi) is 6.39. The molecule has 1 aromatic heterocycles. The van der Waals surface area contributed by atoms with Crippen LogP contribution in [0.5, 0.6) is 0 Å². The third-order valence-electron chi connectivity index (χ3n) is 4.43. The van der Waals surface area contributed by atoms with Gasteiger partial charge in [0.1, 0.15) is 19.0 Å². The average Bonchev–Trinajstić information content (AvgIpc) is 3.05. The number of carbonyl (C=O) groups is 2. The Hall–Kier alpha value is -3.19. The van der Waals surface area contributed by atoms with Gasteiger partial charge in [-0.05, 0) is 17.7 Å². The topological polar surface area (TPSA) is 76.5 Å². The molecule has 7 heteroatoms. The quantitative estimate of drug-likeness (QED) is 0.648. The summed E-state index contributed by atoms with van der Waals surface area (Å²) >= 11 is 0. The lowest BCUT2D eigenvalue weighted by molar-refractivity contribution is -0.131. The molecule has 0 saturated carbocycles. The zero-order valence-corrected chi connectivity index (χ0v) is 16.1. The van der Waals surface area contributed by atoms with Crippen molar-refractivity contribution in [2.45, 2.75) is 19.6 Å². The monoisotopic (exact) mass is 380 g/mol. The van der Waals surface area contributed by atoms with E-state index in [0.29, 0.717) is 12.4 Å². The molecule has 0 radical (unpaired) electrons. The lowest BCUT2D eigenvalue weighted by Gasteiger charge is -2.19. The normalized spacial score (nSPS) is 10.8. The number of hydrogen-bond donors (Lipinski definition) is 1. The Morgan fingerprint density at radius 2 is 1.82 bits per heavy atom. The van der Waals surface area contributed by atoms with Crippen LogP contribution in [0.25, 0.3) is 11.0 Å². The molecule has 3 aromatic rings.